The van der Waals surface area contributed by atoms with Crippen molar-refractivity contribution in [2.45, 2.75) is 4.90 Å². The highest BCUT2D eigenvalue weighted by molar-refractivity contribution is 7.98. The molecule has 0 spiro atoms. The van der Waals surface area contributed by atoms with Gasteiger partial charge in [-0.2, -0.15) is 0 Å². The summed E-state index contributed by atoms with van der Waals surface area (Å²) >= 11 is 1.67. The Labute approximate surface area is 159 Å². The number of hydrogen-bond donors (Lipinski definition) is 0. The number of halogens is 1. The second-order valence-electron chi connectivity index (χ2n) is 5.41. The van der Waals surface area contributed by atoms with Crippen LogP contribution in [-0.2, 0) is 0 Å². The second kappa shape index (κ2) is 9.26. The topological polar surface area (TPSA) is 17.1 Å². The summed E-state index contributed by atoms with van der Waals surface area (Å²) in [6.45, 7) is 0. The molecule has 0 aliphatic heterocycles. The first-order chi connectivity index (χ1) is 11.8. The van der Waals surface area contributed by atoms with Crippen molar-refractivity contribution in [1.82, 2.24) is 0 Å². The van der Waals surface area contributed by atoms with Crippen LogP contribution in [-0.4, -0.2) is 12.0 Å². The Morgan fingerprint density at radius 3 is 2.00 bits per heavy atom. The third-order valence-electron chi connectivity index (χ3n) is 3.82. The maximum absolute atomic E-state index is 12.2. The molecule has 0 bridgehead atoms. The lowest BCUT2D eigenvalue weighted by atomic mass is 10.0. The number of hydrogen-bond acceptors (Lipinski definition) is 2. The van der Waals surface area contributed by atoms with E-state index in [9.17, 15) is 4.79 Å². The van der Waals surface area contributed by atoms with Crippen molar-refractivity contribution in [2.24, 2.45) is 0 Å². The van der Waals surface area contributed by atoms with Crippen molar-refractivity contribution in [3.05, 3.63) is 96.1 Å². The van der Waals surface area contributed by atoms with Gasteiger partial charge in [-0.1, -0.05) is 60.7 Å². The van der Waals surface area contributed by atoms with E-state index < -0.39 is 0 Å². The van der Waals surface area contributed by atoms with Crippen molar-refractivity contribution < 1.29 is 4.79 Å². The van der Waals surface area contributed by atoms with Gasteiger partial charge < -0.3 is 0 Å². The number of rotatable bonds is 5. The Morgan fingerprint density at radius 1 is 0.800 bits per heavy atom. The van der Waals surface area contributed by atoms with Crippen molar-refractivity contribution >= 4 is 36.0 Å². The molecule has 1 nitrogen and oxygen atoms in total. The fraction of sp³-hybridized carbons (Fsp3) is 0.0455. The Kier molecular flexibility index (Phi) is 7.05. The predicted molar refractivity (Wildman–Crippen MR) is 111 cm³/mol. The molecule has 0 unspecified atom stereocenters. The van der Waals surface area contributed by atoms with Gasteiger partial charge in [-0.05, 0) is 53.3 Å². The largest absolute Gasteiger partial charge is 0.289 e. The third kappa shape index (κ3) is 5.09. The lowest BCUT2D eigenvalue weighted by Crippen LogP contribution is -1.93. The summed E-state index contributed by atoms with van der Waals surface area (Å²) in [6.07, 6.45) is 5.51. The highest BCUT2D eigenvalue weighted by Gasteiger charge is 2.02. The van der Waals surface area contributed by atoms with Crippen LogP contribution in [0.3, 0.4) is 0 Å². The van der Waals surface area contributed by atoms with E-state index in [-0.39, 0.29) is 18.2 Å². The summed E-state index contributed by atoms with van der Waals surface area (Å²) in [7, 11) is 0. The maximum atomic E-state index is 12.2. The van der Waals surface area contributed by atoms with Gasteiger partial charge in [0.05, 0.1) is 0 Å². The molecular formula is C22H19ClOS. The molecule has 25 heavy (non-hydrogen) atoms. The quantitative estimate of drug-likeness (QED) is 0.295. The molecule has 0 saturated carbocycles. The van der Waals surface area contributed by atoms with Gasteiger partial charge in [0, 0.05) is 10.5 Å². The minimum absolute atomic E-state index is 0. The van der Waals surface area contributed by atoms with Crippen LogP contribution >= 0.6 is 24.2 Å². The minimum atomic E-state index is 0. The average molecular weight is 367 g/mol. The van der Waals surface area contributed by atoms with Crippen LogP contribution in [0.2, 0.25) is 0 Å². The average Bonchev–Trinajstić information content (AvgIpc) is 2.67. The monoisotopic (exact) mass is 366 g/mol. The number of carbonyl (C=O) groups is 1. The summed E-state index contributed by atoms with van der Waals surface area (Å²) in [5.74, 6) is 0.0230. The standard InChI is InChI=1S/C22H18OS.ClH/c1-24-21-14-12-20(13-15-21)22(23)16-9-17-7-10-19(11-8-17)18-5-3-2-4-6-18;/h2-16H,1H3;1H. The van der Waals surface area contributed by atoms with Crippen LogP contribution in [0.5, 0.6) is 0 Å². The van der Waals surface area contributed by atoms with Gasteiger partial charge in [-0.3, -0.25) is 4.79 Å². The van der Waals surface area contributed by atoms with Crippen LogP contribution in [0, 0.1) is 0 Å². The highest BCUT2D eigenvalue weighted by atomic mass is 35.5. The van der Waals surface area contributed by atoms with E-state index in [0.717, 1.165) is 10.5 Å². The summed E-state index contributed by atoms with van der Waals surface area (Å²) < 4.78 is 0. The molecule has 0 amide bonds. The lowest BCUT2D eigenvalue weighted by Gasteiger charge is -2.02. The van der Waals surface area contributed by atoms with Gasteiger partial charge in [-0.25, -0.2) is 0 Å². The van der Waals surface area contributed by atoms with Gasteiger partial charge >= 0.3 is 0 Å². The molecule has 3 heteroatoms. The normalized spacial score (nSPS) is 10.4. The molecule has 0 aromatic heterocycles. The van der Waals surface area contributed by atoms with Crippen LogP contribution in [0.1, 0.15) is 15.9 Å². The molecule has 0 aliphatic carbocycles. The zero-order valence-corrected chi connectivity index (χ0v) is 15.5. The molecule has 0 heterocycles. The number of benzene rings is 3. The number of thioether (sulfide) groups is 1. The molecule has 3 aromatic rings. The molecular weight excluding hydrogens is 348 g/mol. The van der Waals surface area contributed by atoms with E-state index in [1.165, 1.54) is 11.1 Å². The van der Waals surface area contributed by atoms with Crippen LogP contribution in [0.15, 0.2) is 89.8 Å². The van der Waals surface area contributed by atoms with Gasteiger partial charge in [0.2, 0.25) is 0 Å². The van der Waals surface area contributed by atoms with Crippen LogP contribution in [0.25, 0.3) is 17.2 Å². The highest BCUT2D eigenvalue weighted by Crippen LogP contribution is 2.20. The maximum Gasteiger partial charge on any atom is 0.185 e. The van der Waals surface area contributed by atoms with Crippen LogP contribution in [0.4, 0.5) is 0 Å². The smallest absolute Gasteiger partial charge is 0.185 e. The molecule has 3 rings (SSSR count). The van der Waals surface area contributed by atoms with Crippen molar-refractivity contribution in [2.75, 3.05) is 6.26 Å². The molecule has 0 radical (unpaired) electrons. The molecule has 126 valence electrons. The van der Waals surface area contributed by atoms with E-state index in [0.29, 0.717) is 5.56 Å². The summed E-state index contributed by atoms with van der Waals surface area (Å²) in [6, 6.07) is 26.2. The van der Waals surface area contributed by atoms with E-state index >= 15 is 0 Å². The molecule has 3 aromatic carbocycles. The second-order valence-corrected chi connectivity index (χ2v) is 6.29. The third-order valence-corrected chi connectivity index (χ3v) is 4.56. The van der Waals surface area contributed by atoms with E-state index in [4.69, 9.17) is 0 Å². The predicted octanol–water partition coefficient (Wildman–Crippen LogP) is 6.39. The molecule has 0 fully saturated rings. The molecule has 0 aliphatic rings. The van der Waals surface area contributed by atoms with Gasteiger partial charge in [-0.15, -0.1) is 24.2 Å². The number of ketones is 1. The van der Waals surface area contributed by atoms with E-state index in [2.05, 4.69) is 24.3 Å². The Balaban J connectivity index is 0.00000225. The van der Waals surface area contributed by atoms with Crippen molar-refractivity contribution in [3.8, 4) is 11.1 Å². The fourth-order valence-electron chi connectivity index (χ4n) is 2.44. The number of allylic oxidation sites excluding steroid dienone is 1. The molecule has 0 atom stereocenters. The minimum Gasteiger partial charge on any atom is -0.289 e. The Hall–Kier alpha value is -2.29. The lowest BCUT2D eigenvalue weighted by molar-refractivity contribution is 0.104. The van der Waals surface area contributed by atoms with Gasteiger partial charge in [0.25, 0.3) is 0 Å². The first-order valence-corrected chi connectivity index (χ1v) is 9.01. The Morgan fingerprint density at radius 2 is 1.40 bits per heavy atom. The zero-order chi connectivity index (χ0) is 16.8. The fourth-order valence-corrected chi connectivity index (χ4v) is 2.85. The van der Waals surface area contributed by atoms with Crippen LogP contribution < -0.4 is 0 Å². The zero-order valence-electron chi connectivity index (χ0n) is 13.9. The number of carbonyl (C=O) groups excluding carboxylic acids is 1. The summed E-state index contributed by atoms with van der Waals surface area (Å²) in [5, 5.41) is 0. The molecule has 0 saturated heterocycles. The first-order valence-electron chi connectivity index (χ1n) is 7.78. The van der Waals surface area contributed by atoms with Crippen molar-refractivity contribution in [1.29, 1.82) is 0 Å². The summed E-state index contributed by atoms with van der Waals surface area (Å²) in [5.41, 5.74) is 4.10. The van der Waals surface area contributed by atoms with Gasteiger partial charge in [0.15, 0.2) is 5.78 Å². The Bertz CT molecular complexity index is 837. The van der Waals surface area contributed by atoms with Gasteiger partial charge in [0.1, 0.15) is 0 Å². The van der Waals surface area contributed by atoms with Crippen molar-refractivity contribution in [3.63, 3.8) is 0 Å². The summed E-state index contributed by atoms with van der Waals surface area (Å²) in [4.78, 5) is 13.4. The van der Waals surface area contributed by atoms with E-state index in [1.807, 2.05) is 66.9 Å². The first kappa shape index (κ1) is 19.0. The van der Waals surface area contributed by atoms with E-state index in [1.54, 1.807) is 17.8 Å². The molecule has 0 N–H and O–H groups in total. The SMILES string of the molecule is CSc1ccc(C(=O)C=Cc2ccc(-c3ccccc3)cc2)cc1.Cl.